The Labute approximate surface area is 141 Å². The zero-order valence-corrected chi connectivity index (χ0v) is 13.9. The summed E-state index contributed by atoms with van der Waals surface area (Å²) in [6, 6.07) is 13.6. The van der Waals surface area contributed by atoms with Gasteiger partial charge < -0.3 is 10.1 Å². The van der Waals surface area contributed by atoms with Crippen molar-refractivity contribution in [3.63, 3.8) is 0 Å². The SMILES string of the molecule is C[C@H](NC(=O)COc1ccccc1Cl)c1ccc2c(c1)CCC2. The highest BCUT2D eigenvalue weighted by atomic mass is 35.5. The van der Waals surface area contributed by atoms with E-state index in [9.17, 15) is 4.79 Å². The van der Waals surface area contributed by atoms with Crippen LogP contribution in [0.5, 0.6) is 5.75 Å². The van der Waals surface area contributed by atoms with Crippen LogP contribution in [0.1, 0.15) is 36.1 Å². The van der Waals surface area contributed by atoms with Crippen LogP contribution < -0.4 is 10.1 Å². The molecule has 0 fully saturated rings. The lowest BCUT2D eigenvalue weighted by Crippen LogP contribution is -2.31. The minimum atomic E-state index is -0.155. The van der Waals surface area contributed by atoms with E-state index in [4.69, 9.17) is 16.3 Å². The highest BCUT2D eigenvalue weighted by Gasteiger charge is 2.15. The third-order valence-corrected chi connectivity index (χ3v) is 4.51. The molecule has 3 nitrogen and oxygen atoms in total. The van der Waals surface area contributed by atoms with E-state index in [2.05, 4.69) is 23.5 Å². The maximum atomic E-state index is 12.1. The first-order valence-corrected chi connectivity index (χ1v) is 8.29. The second-order valence-corrected chi connectivity index (χ2v) is 6.30. The Bertz CT molecular complexity index is 714. The van der Waals surface area contributed by atoms with E-state index in [1.54, 1.807) is 12.1 Å². The van der Waals surface area contributed by atoms with Gasteiger partial charge in [0.05, 0.1) is 11.1 Å². The van der Waals surface area contributed by atoms with Crippen LogP contribution in [-0.4, -0.2) is 12.5 Å². The Kier molecular flexibility index (Phi) is 4.87. The molecule has 4 heteroatoms. The summed E-state index contributed by atoms with van der Waals surface area (Å²) < 4.78 is 5.47. The molecule has 0 aliphatic heterocycles. The second kappa shape index (κ2) is 7.05. The molecule has 0 aromatic heterocycles. The molecule has 0 saturated heterocycles. The molecular weight excluding hydrogens is 310 g/mol. The molecule has 1 N–H and O–H groups in total. The van der Waals surface area contributed by atoms with Crippen LogP contribution in [0.3, 0.4) is 0 Å². The van der Waals surface area contributed by atoms with Gasteiger partial charge in [-0.15, -0.1) is 0 Å². The summed E-state index contributed by atoms with van der Waals surface area (Å²) in [6.07, 6.45) is 3.53. The van der Waals surface area contributed by atoms with Gasteiger partial charge >= 0.3 is 0 Å². The quantitative estimate of drug-likeness (QED) is 0.897. The number of para-hydroxylation sites is 1. The van der Waals surface area contributed by atoms with Gasteiger partial charge in [-0.25, -0.2) is 0 Å². The number of aryl methyl sites for hydroxylation is 2. The van der Waals surface area contributed by atoms with Crippen molar-refractivity contribution in [3.05, 3.63) is 64.2 Å². The summed E-state index contributed by atoms with van der Waals surface area (Å²) in [6.45, 7) is 1.95. The summed E-state index contributed by atoms with van der Waals surface area (Å²) in [5, 5.41) is 3.48. The standard InChI is InChI=1S/C19H20ClNO2/c1-13(15-10-9-14-5-4-6-16(14)11-15)21-19(22)12-23-18-8-3-2-7-17(18)20/h2-3,7-11,13H,4-6,12H2,1H3,(H,21,22)/t13-/m0/s1. The largest absolute Gasteiger partial charge is 0.482 e. The minimum Gasteiger partial charge on any atom is -0.482 e. The number of ether oxygens (including phenoxy) is 1. The number of rotatable bonds is 5. The van der Waals surface area contributed by atoms with Crippen LogP contribution >= 0.6 is 11.6 Å². The van der Waals surface area contributed by atoms with Crippen LogP contribution in [-0.2, 0) is 17.6 Å². The van der Waals surface area contributed by atoms with Crippen LogP contribution in [0.15, 0.2) is 42.5 Å². The van der Waals surface area contributed by atoms with E-state index in [1.165, 1.54) is 24.0 Å². The predicted molar refractivity (Wildman–Crippen MR) is 92.0 cm³/mol. The Hall–Kier alpha value is -2.00. The summed E-state index contributed by atoms with van der Waals surface area (Å²) in [5.41, 5.74) is 3.99. The van der Waals surface area contributed by atoms with Crippen LogP contribution in [0.2, 0.25) is 5.02 Å². The average molecular weight is 330 g/mol. The molecule has 2 aromatic carbocycles. The molecule has 0 bridgehead atoms. The van der Waals surface area contributed by atoms with Gasteiger partial charge in [0.25, 0.3) is 5.91 Å². The molecule has 1 amide bonds. The summed E-state index contributed by atoms with van der Waals surface area (Å²) in [5.74, 6) is 0.368. The van der Waals surface area contributed by atoms with Crippen molar-refractivity contribution in [3.8, 4) is 5.75 Å². The number of nitrogens with one attached hydrogen (secondary N) is 1. The Morgan fingerprint density at radius 1 is 1.22 bits per heavy atom. The molecule has 23 heavy (non-hydrogen) atoms. The molecule has 2 aromatic rings. The van der Waals surface area contributed by atoms with Crippen LogP contribution in [0, 0.1) is 0 Å². The van der Waals surface area contributed by atoms with Gasteiger partial charge in [-0.2, -0.15) is 0 Å². The Balaban J connectivity index is 1.56. The smallest absolute Gasteiger partial charge is 0.258 e. The number of amides is 1. The third kappa shape index (κ3) is 3.85. The van der Waals surface area contributed by atoms with Crippen molar-refractivity contribution in [1.82, 2.24) is 5.32 Å². The highest BCUT2D eigenvalue weighted by Crippen LogP contribution is 2.25. The van der Waals surface area contributed by atoms with Gasteiger partial charge in [0.1, 0.15) is 5.75 Å². The van der Waals surface area contributed by atoms with Crippen molar-refractivity contribution >= 4 is 17.5 Å². The highest BCUT2D eigenvalue weighted by molar-refractivity contribution is 6.32. The minimum absolute atomic E-state index is 0.0387. The van der Waals surface area contributed by atoms with E-state index >= 15 is 0 Å². The molecule has 0 radical (unpaired) electrons. The number of benzene rings is 2. The molecule has 0 saturated carbocycles. The number of carbonyl (C=O) groups excluding carboxylic acids is 1. The first kappa shape index (κ1) is 15.9. The second-order valence-electron chi connectivity index (χ2n) is 5.89. The molecule has 0 heterocycles. The average Bonchev–Trinajstić information content (AvgIpc) is 3.01. The Morgan fingerprint density at radius 3 is 2.83 bits per heavy atom. The fourth-order valence-corrected chi connectivity index (χ4v) is 3.12. The molecule has 1 aliphatic carbocycles. The fraction of sp³-hybridized carbons (Fsp3) is 0.316. The monoisotopic (exact) mass is 329 g/mol. The van der Waals surface area contributed by atoms with E-state index in [-0.39, 0.29) is 18.6 Å². The topological polar surface area (TPSA) is 38.3 Å². The van der Waals surface area contributed by atoms with Crippen molar-refractivity contribution < 1.29 is 9.53 Å². The van der Waals surface area contributed by atoms with E-state index in [1.807, 2.05) is 19.1 Å². The van der Waals surface area contributed by atoms with Gasteiger partial charge in [0, 0.05) is 0 Å². The molecule has 1 atom stereocenters. The van der Waals surface area contributed by atoms with E-state index in [0.29, 0.717) is 10.8 Å². The normalized spacial score (nSPS) is 14.2. The van der Waals surface area contributed by atoms with Crippen molar-refractivity contribution in [2.45, 2.75) is 32.2 Å². The maximum absolute atomic E-state index is 12.1. The fourth-order valence-electron chi connectivity index (χ4n) is 2.93. The lowest BCUT2D eigenvalue weighted by molar-refractivity contribution is -0.123. The number of fused-ring (bicyclic) bond motifs is 1. The summed E-state index contributed by atoms with van der Waals surface area (Å²) in [4.78, 5) is 12.1. The molecule has 0 unspecified atom stereocenters. The molecular formula is C19H20ClNO2. The van der Waals surface area contributed by atoms with Gasteiger partial charge in [0.2, 0.25) is 0 Å². The van der Waals surface area contributed by atoms with E-state index < -0.39 is 0 Å². The predicted octanol–water partition coefficient (Wildman–Crippen LogP) is 4.08. The molecule has 0 spiro atoms. The van der Waals surface area contributed by atoms with Gasteiger partial charge in [0.15, 0.2) is 6.61 Å². The third-order valence-electron chi connectivity index (χ3n) is 4.20. The van der Waals surface area contributed by atoms with Crippen LogP contribution in [0.4, 0.5) is 0 Å². The van der Waals surface area contributed by atoms with Crippen LogP contribution in [0.25, 0.3) is 0 Å². The zero-order chi connectivity index (χ0) is 16.2. The Morgan fingerprint density at radius 2 is 2.00 bits per heavy atom. The maximum Gasteiger partial charge on any atom is 0.258 e. The van der Waals surface area contributed by atoms with Crippen molar-refractivity contribution in [2.24, 2.45) is 0 Å². The number of hydrogen-bond donors (Lipinski definition) is 1. The molecule has 3 rings (SSSR count). The number of halogens is 1. The first-order chi connectivity index (χ1) is 11.1. The summed E-state index contributed by atoms with van der Waals surface area (Å²) >= 11 is 6.01. The summed E-state index contributed by atoms with van der Waals surface area (Å²) in [7, 11) is 0. The first-order valence-electron chi connectivity index (χ1n) is 7.92. The number of hydrogen-bond acceptors (Lipinski definition) is 2. The molecule has 120 valence electrons. The van der Waals surface area contributed by atoms with Crippen molar-refractivity contribution in [1.29, 1.82) is 0 Å². The van der Waals surface area contributed by atoms with Gasteiger partial charge in [-0.3, -0.25) is 4.79 Å². The lowest BCUT2D eigenvalue weighted by Gasteiger charge is -2.16. The lowest BCUT2D eigenvalue weighted by atomic mass is 10.0. The molecule has 1 aliphatic rings. The van der Waals surface area contributed by atoms with Gasteiger partial charge in [-0.1, -0.05) is 41.9 Å². The van der Waals surface area contributed by atoms with Gasteiger partial charge in [-0.05, 0) is 55.0 Å². The van der Waals surface area contributed by atoms with Crippen molar-refractivity contribution in [2.75, 3.05) is 6.61 Å². The van der Waals surface area contributed by atoms with E-state index in [0.717, 1.165) is 12.0 Å². The number of carbonyl (C=O) groups is 1. The zero-order valence-electron chi connectivity index (χ0n) is 13.1.